The first-order valence-electron chi connectivity index (χ1n) is 7.31. The van der Waals surface area contributed by atoms with Crippen LogP contribution in [0.4, 0.5) is 0 Å². The van der Waals surface area contributed by atoms with Gasteiger partial charge in [0.1, 0.15) is 24.4 Å². The molecular formula is C16H20O6. The Morgan fingerprint density at radius 2 is 1.91 bits per heavy atom. The molecule has 0 spiro atoms. The number of rotatable bonds is 3. The zero-order valence-corrected chi connectivity index (χ0v) is 12.2. The van der Waals surface area contributed by atoms with E-state index < -0.39 is 37.0 Å². The lowest BCUT2D eigenvalue weighted by Crippen LogP contribution is -2.61. The Balaban J connectivity index is 1.70. The Morgan fingerprint density at radius 3 is 2.64 bits per heavy atom. The van der Waals surface area contributed by atoms with Crippen molar-refractivity contribution in [2.24, 2.45) is 0 Å². The average molecular weight is 308 g/mol. The van der Waals surface area contributed by atoms with Crippen molar-refractivity contribution in [3.8, 4) is 0 Å². The van der Waals surface area contributed by atoms with Gasteiger partial charge in [-0.2, -0.15) is 0 Å². The summed E-state index contributed by atoms with van der Waals surface area (Å²) in [5.74, 6) is 0. The highest BCUT2D eigenvalue weighted by Crippen LogP contribution is 2.34. The van der Waals surface area contributed by atoms with Crippen LogP contribution in [-0.4, -0.2) is 47.5 Å². The summed E-state index contributed by atoms with van der Waals surface area (Å²) >= 11 is 0. The monoisotopic (exact) mass is 308 g/mol. The maximum Gasteiger partial charge on any atom is 0.228 e. The Bertz CT molecular complexity index is 503. The highest BCUT2D eigenvalue weighted by Gasteiger charge is 2.49. The molecule has 0 aliphatic carbocycles. The fraction of sp³-hybridized carbons (Fsp3) is 0.500. The van der Waals surface area contributed by atoms with E-state index in [9.17, 15) is 10.2 Å². The van der Waals surface area contributed by atoms with Crippen LogP contribution in [0, 0.1) is 0 Å². The van der Waals surface area contributed by atoms with Crippen molar-refractivity contribution >= 4 is 0 Å². The Hall–Kier alpha value is -1.44. The summed E-state index contributed by atoms with van der Waals surface area (Å²) in [6.07, 6.45) is -1.88. The molecule has 3 rings (SSSR count). The van der Waals surface area contributed by atoms with Gasteiger partial charge in [0, 0.05) is 5.56 Å². The van der Waals surface area contributed by atoms with Crippen LogP contribution in [0.3, 0.4) is 0 Å². The molecule has 120 valence electrons. The average Bonchev–Trinajstić information content (AvgIpc) is 2.57. The molecule has 0 saturated carbocycles. The van der Waals surface area contributed by atoms with Crippen molar-refractivity contribution in [2.45, 2.75) is 43.9 Å². The molecule has 2 saturated heterocycles. The Labute approximate surface area is 128 Å². The summed E-state index contributed by atoms with van der Waals surface area (Å²) in [5, 5.41) is 20.4. The van der Waals surface area contributed by atoms with E-state index >= 15 is 0 Å². The van der Waals surface area contributed by atoms with Crippen molar-refractivity contribution in [2.75, 3.05) is 6.61 Å². The molecule has 6 atom stereocenters. The number of allylic oxidation sites excluding steroid dienone is 1. The molecular weight excluding hydrogens is 288 g/mol. The van der Waals surface area contributed by atoms with Gasteiger partial charge in [0.15, 0.2) is 6.29 Å². The van der Waals surface area contributed by atoms with Gasteiger partial charge in [-0.05, 0) is 6.92 Å². The Kier molecular flexibility index (Phi) is 4.75. The molecule has 2 aliphatic heterocycles. The topological polar surface area (TPSA) is 77.4 Å². The predicted molar refractivity (Wildman–Crippen MR) is 76.6 cm³/mol. The van der Waals surface area contributed by atoms with Crippen molar-refractivity contribution in [3.05, 3.63) is 48.2 Å². The van der Waals surface area contributed by atoms with E-state index in [1.807, 2.05) is 30.3 Å². The van der Waals surface area contributed by atoms with E-state index in [-0.39, 0.29) is 6.61 Å². The van der Waals surface area contributed by atoms with Gasteiger partial charge in [-0.3, -0.25) is 0 Å². The number of aliphatic hydroxyl groups excluding tert-OH is 2. The van der Waals surface area contributed by atoms with E-state index in [0.29, 0.717) is 0 Å². The minimum Gasteiger partial charge on any atom is -0.470 e. The lowest BCUT2D eigenvalue weighted by atomic mass is 9.98. The maximum atomic E-state index is 10.3. The van der Waals surface area contributed by atoms with E-state index in [0.717, 1.165) is 5.56 Å². The number of aliphatic hydroxyl groups is 2. The molecule has 2 heterocycles. The fourth-order valence-electron chi connectivity index (χ4n) is 2.63. The third kappa shape index (κ3) is 3.02. The number of hydrogen-bond acceptors (Lipinski definition) is 6. The second-order valence-corrected chi connectivity index (χ2v) is 5.31. The molecule has 0 aromatic heterocycles. The van der Waals surface area contributed by atoms with Crippen LogP contribution in [0.5, 0.6) is 0 Å². The predicted octanol–water partition coefficient (Wildman–Crippen LogP) is 1.10. The number of hydrogen-bond donors (Lipinski definition) is 2. The molecule has 2 aliphatic rings. The van der Waals surface area contributed by atoms with Crippen LogP contribution in [-0.2, 0) is 18.9 Å². The first-order chi connectivity index (χ1) is 10.7. The summed E-state index contributed by atoms with van der Waals surface area (Å²) in [4.78, 5) is 0. The molecule has 2 N–H and O–H groups in total. The fourth-order valence-corrected chi connectivity index (χ4v) is 2.63. The Morgan fingerprint density at radius 1 is 1.14 bits per heavy atom. The van der Waals surface area contributed by atoms with Crippen molar-refractivity contribution < 1.29 is 29.2 Å². The third-order valence-corrected chi connectivity index (χ3v) is 3.75. The van der Waals surface area contributed by atoms with Gasteiger partial charge in [-0.15, -0.1) is 0 Å². The molecule has 1 aromatic rings. The summed E-state index contributed by atoms with van der Waals surface area (Å²) in [5.41, 5.74) is 0.856. The molecule has 0 radical (unpaired) electrons. The highest BCUT2D eigenvalue weighted by molar-refractivity contribution is 5.16. The van der Waals surface area contributed by atoms with Gasteiger partial charge in [-0.25, -0.2) is 0 Å². The summed E-state index contributed by atoms with van der Waals surface area (Å²) in [6, 6.07) is 9.45. The molecule has 1 aromatic carbocycles. The summed E-state index contributed by atoms with van der Waals surface area (Å²) < 4.78 is 22.3. The van der Waals surface area contributed by atoms with Crippen molar-refractivity contribution in [1.29, 1.82) is 0 Å². The van der Waals surface area contributed by atoms with E-state index in [1.54, 1.807) is 13.0 Å². The van der Waals surface area contributed by atoms with E-state index in [1.165, 1.54) is 6.26 Å². The van der Waals surface area contributed by atoms with Gasteiger partial charge >= 0.3 is 0 Å². The highest BCUT2D eigenvalue weighted by atomic mass is 16.8. The second kappa shape index (κ2) is 6.76. The zero-order valence-electron chi connectivity index (χ0n) is 12.2. The van der Waals surface area contributed by atoms with Crippen LogP contribution in [0.25, 0.3) is 0 Å². The molecule has 2 fully saturated rings. The SMILES string of the molecule is C/C=C/O[C@H]1O[C@@H]2CO[C@H](c3ccccc3)O[C@@H]2[C@H](O)[C@H]1O. The van der Waals surface area contributed by atoms with Crippen LogP contribution < -0.4 is 0 Å². The van der Waals surface area contributed by atoms with Gasteiger partial charge in [0.05, 0.1) is 12.9 Å². The number of fused-ring (bicyclic) bond motifs is 1. The third-order valence-electron chi connectivity index (χ3n) is 3.75. The molecule has 22 heavy (non-hydrogen) atoms. The van der Waals surface area contributed by atoms with Crippen molar-refractivity contribution in [3.63, 3.8) is 0 Å². The van der Waals surface area contributed by atoms with Crippen LogP contribution in [0.15, 0.2) is 42.7 Å². The van der Waals surface area contributed by atoms with Crippen LogP contribution in [0.2, 0.25) is 0 Å². The van der Waals surface area contributed by atoms with Gasteiger partial charge in [-0.1, -0.05) is 36.4 Å². The maximum absolute atomic E-state index is 10.3. The van der Waals surface area contributed by atoms with E-state index in [4.69, 9.17) is 18.9 Å². The normalized spacial score (nSPS) is 38.7. The van der Waals surface area contributed by atoms with E-state index in [2.05, 4.69) is 0 Å². The minimum absolute atomic E-state index is 0.254. The van der Waals surface area contributed by atoms with Crippen LogP contribution in [0.1, 0.15) is 18.8 Å². The van der Waals surface area contributed by atoms with Crippen molar-refractivity contribution in [1.82, 2.24) is 0 Å². The minimum atomic E-state index is -1.19. The van der Waals surface area contributed by atoms with Gasteiger partial charge in [0.25, 0.3) is 0 Å². The molecule has 0 amide bonds. The zero-order chi connectivity index (χ0) is 15.5. The largest absolute Gasteiger partial charge is 0.470 e. The first-order valence-corrected chi connectivity index (χ1v) is 7.31. The lowest BCUT2D eigenvalue weighted by molar-refractivity contribution is -0.355. The molecule has 0 unspecified atom stereocenters. The number of ether oxygens (including phenoxy) is 4. The quantitative estimate of drug-likeness (QED) is 0.814. The molecule has 0 bridgehead atoms. The summed E-state index contributed by atoms with van der Waals surface area (Å²) in [7, 11) is 0. The van der Waals surface area contributed by atoms with Gasteiger partial charge in [0.2, 0.25) is 6.29 Å². The standard InChI is InChI=1S/C16H20O6/c1-2-8-19-16-13(18)12(17)14-11(21-16)9-20-15(22-14)10-6-4-3-5-7-10/h2-8,11-18H,9H2,1H3/b8-2+/t11-,12-,13-,14+,15+,16+/m1/s1. The smallest absolute Gasteiger partial charge is 0.228 e. The number of benzene rings is 1. The summed E-state index contributed by atoms with van der Waals surface area (Å²) in [6.45, 7) is 2.04. The van der Waals surface area contributed by atoms with Crippen LogP contribution >= 0.6 is 0 Å². The lowest BCUT2D eigenvalue weighted by Gasteiger charge is -2.45. The molecule has 6 nitrogen and oxygen atoms in total. The molecule has 6 heteroatoms. The first kappa shape index (κ1) is 15.5. The van der Waals surface area contributed by atoms with Gasteiger partial charge < -0.3 is 29.2 Å². The second-order valence-electron chi connectivity index (χ2n) is 5.31.